The van der Waals surface area contributed by atoms with Crippen molar-refractivity contribution in [2.45, 2.75) is 57.3 Å². The second-order valence-corrected chi connectivity index (χ2v) is 7.27. The average Bonchev–Trinajstić information content (AvgIpc) is 2.75. The third kappa shape index (κ3) is 8.11. The predicted octanol–water partition coefficient (Wildman–Crippen LogP) is 1.90. The highest BCUT2D eigenvalue weighted by Crippen LogP contribution is 2.27. The SMILES string of the molecule is COC(=O)[C@@H](NC(=O)C[C@H](O)CNC(=O)OCc1ccccc1)C1CCCCC1. The summed E-state index contributed by atoms with van der Waals surface area (Å²) in [4.78, 5) is 36.0. The molecule has 2 amide bonds. The summed E-state index contributed by atoms with van der Waals surface area (Å²) in [7, 11) is 1.30. The summed E-state index contributed by atoms with van der Waals surface area (Å²) in [6.07, 6.45) is 2.88. The first kappa shape index (κ1) is 22.7. The number of benzene rings is 1. The molecule has 1 aliphatic rings. The van der Waals surface area contributed by atoms with Gasteiger partial charge in [-0.05, 0) is 24.3 Å². The number of aliphatic hydroxyl groups excluding tert-OH is 1. The van der Waals surface area contributed by atoms with Gasteiger partial charge in [-0.3, -0.25) is 4.79 Å². The van der Waals surface area contributed by atoms with Gasteiger partial charge in [0.05, 0.1) is 19.6 Å². The molecule has 160 valence electrons. The molecule has 0 heterocycles. The first-order valence-electron chi connectivity index (χ1n) is 9.99. The normalized spacial score (nSPS) is 16.3. The zero-order valence-corrected chi connectivity index (χ0v) is 16.8. The van der Waals surface area contributed by atoms with Crippen molar-refractivity contribution in [3.8, 4) is 0 Å². The molecule has 0 spiro atoms. The zero-order valence-electron chi connectivity index (χ0n) is 16.8. The van der Waals surface area contributed by atoms with Crippen molar-refractivity contribution < 1.29 is 29.0 Å². The molecule has 1 aromatic carbocycles. The second kappa shape index (κ2) is 12.1. The lowest BCUT2D eigenvalue weighted by Crippen LogP contribution is -2.48. The lowest BCUT2D eigenvalue weighted by Gasteiger charge is -2.29. The first-order valence-corrected chi connectivity index (χ1v) is 9.99. The summed E-state index contributed by atoms with van der Waals surface area (Å²) in [5.74, 6) is -0.885. The Morgan fingerprint density at radius 3 is 2.48 bits per heavy atom. The Balaban J connectivity index is 1.72. The number of esters is 1. The Kier molecular flexibility index (Phi) is 9.43. The van der Waals surface area contributed by atoms with Gasteiger partial charge < -0.3 is 25.2 Å². The van der Waals surface area contributed by atoms with Crippen molar-refractivity contribution in [1.29, 1.82) is 0 Å². The van der Waals surface area contributed by atoms with Gasteiger partial charge in [-0.1, -0.05) is 49.6 Å². The van der Waals surface area contributed by atoms with Gasteiger partial charge in [-0.15, -0.1) is 0 Å². The predicted molar refractivity (Wildman–Crippen MR) is 106 cm³/mol. The van der Waals surface area contributed by atoms with Crippen LogP contribution in [0.25, 0.3) is 0 Å². The molecule has 29 heavy (non-hydrogen) atoms. The number of amides is 2. The molecule has 2 rings (SSSR count). The molecule has 8 heteroatoms. The van der Waals surface area contributed by atoms with E-state index in [-0.39, 0.29) is 25.5 Å². The summed E-state index contributed by atoms with van der Waals surface area (Å²) in [5.41, 5.74) is 0.846. The van der Waals surface area contributed by atoms with E-state index in [1.54, 1.807) is 0 Å². The van der Waals surface area contributed by atoms with Crippen LogP contribution in [0.3, 0.4) is 0 Å². The molecular formula is C21H30N2O6. The highest BCUT2D eigenvalue weighted by Gasteiger charge is 2.32. The minimum atomic E-state index is -1.09. The number of hydrogen-bond acceptors (Lipinski definition) is 6. The van der Waals surface area contributed by atoms with Gasteiger partial charge in [-0.2, -0.15) is 0 Å². The number of methoxy groups -OCH3 is 1. The number of ether oxygens (including phenoxy) is 2. The van der Waals surface area contributed by atoms with E-state index in [9.17, 15) is 19.5 Å². The van der Waals surface area contributed by atoms with Crippen LogP contribution in [0.1, 0.15) is 44.1 Å². The van der Waals surface area contributed by atoms with Crippen LogP contribution in [0, 0.1) is 5.92 Å². The standard InChI is InChI=1S/C21H30N2O6/c1-28-20(26)19(16-10-6-3-7-11-16)23-18(25)12-17(24)13-22-21(27)29-14-15-8-4-2-5-9-15/h2,4-5,8-9,16-17,19,24H,3,6-7,10-14H2,1H3,(H,22,27)(H,23,25)/t17-,19-/m0/s1. The van der Waals surface area contributed by atoms with E-state index in [1.807, 2.05) is 30.3 Å². The molecule has 0 bridgehead atoms. The van der Waals surface area contributed by atoms with Crippen molar-refractivity contribution in [2.75, 3.05) is 13.7 Å². The zero-order chi connectivity index (χ0) is 21.1. The fraction of sp³-hybridized carbons (Fsp3) is 0.571. The Bertz CT molecular complexity index is 660. The highest BCUT2D eigenvalue weighted by atomic mass is 16.5. The minimum absolute atomic E-state index is 0.0448. The van der Waals surface area contributed by atoms with E-state index in [0.717, 1.165) is 37.7 Å². The Labute approximate surface area is 171 Å². The molecule has 1 fully saturated rings. The monoisotopic (exact) mass is 406 g/mol. The van der Waals surface area contributed by atoms with Gasteiger partial charge in [0, 0.05) is 6.54 Å². The van der Waals surface area contributed by atoms with E-state index in [2.05, 4.69) is 10.6 Å². The van der Waals surface area contributed by atoms with Gasteiger partial charge in [0.15, 0.2) is 0 Å². The number of carbonyl (C=O) groups excluding carboxylic acids is 3. The average molecular weight is 406 g/mol. The van der Waals surface area contributed by atoms with Crippen LogP contribution < -0.4 is 10.6 Å². The molecule has 0 saturated heterocycles. The molecule has 8 nitrogen and oxygen atoms in total. The van der Waals surface area contributed by atoms with Crippen molar-refractivity contribution in [2.24, 2.45) is 5.92 Å². The van der Waals surface area contributed by atoms with Crippen LogP contribution in [0.2, 0.25) is 0 Å². The maximum Gasteiger partial charge on any atom is 0.407 e. The van der Waals surface area contributed by atoms with Crippen molar-refractivity contribution >= 4 is 18.0 Å². The van der Waals surface area contributed by atoms with E-state index >= 15 is 0 Å². The largest absolute Gasteiger partial charge is 0.467 e. The first-order chi connectivity index (χ1) is 14.0. The lowest BCUT2D eigenvalue weighted by molar-refractivity contribution is -0.147. The van der Waals surface area contributed by atoms with E-state index in [1.165, 1.54) is 7.11 Å². The summed E-state index contributed by atoms with van der Waals surface area (Å²) < 4.78 is 9.87. The molecular weight excluding hydrogens is 376 g/mol. The minimum Gasteiger partial charge on any atom is -0.467 e. The summed E-state index contributed by atoms with van der Waals surface area (Å²) in [6.45, 7) is -0.0151. The maximum absolute atomic E-state index is 12.3. The number of nitrogens with one attached hydrogen (secondary N) is 2. The summed E-state index contributed by atoms with van der Waals surface area (Å²) in [6, 6.07) is 8.50. The Morgan fingerprint density at radius 1 is 1.14 bits per heavy atom. The van der Waals surface area contributed by atoms with Gasteiger partial charge >= 0.3 is 12.1 Å². The number of hydrogen-bond donors (Lipinski definition) is 3. The Hall–Kier alpha value is -2.61. The number of rotatable bonds is 9. The third-order valence-electron chi connectivity index (χ3n) is 5.01. The molecule has 2 atom stereocenters. The topological polar surface area (TPSA) is 114 Å². The van der Waals surface area contributed by atoms with Crippen molar-refractivity contribution in [3.05, 3.63) is 35.9 Å². The van der Waals surface area contributed by atoms with Crippen molar-refractivity contribution in [3.63, 3.8) is 0 Å². The lowest BCUT2D eigenvalue weighted by atomic mass is 9.84. The van der Waals surface area contributed by atoms with Crippen LogP contribution in [0.4, 0.5) is 4.79 Å². The van der Waals surface area contributed by atoms with Crippen LogP contribution in [-0.2, 0) is 25.7 Å². The second-order valence-electron chi connectivity index (χ2n) is 7.27. The number of aliphatic hydroxyl groups is 1. The number of carbonyl (C=O) groups is 3. The number of alkyl carbamates (subject to hydrolysis) is 1. The summed E-state index contributed by atoms with van der Waals surface area (Å²) in [5, 5.41) is 15.1. The fourth-order valence-electron chi connectivity index (χ4n) is 3.46. The van der Waals surface area contributed by atoms with E-state index < -0.39 is 30.1 Å². The van der Waals surface area contributed by atoms with Gasteiger partial charge in [0.1, 0.15) is 12.6 Å². The fourth-order valence-corrected chi connectivity index (χ4v) is 3.46. The van der Waals surface area contributed by atoms with Crippen LogP contribution >= 0.6 is 0 Å². The van der Waals surface area contributed by atoms with Crippen LogP contribution in [0.15, 0.2) is 30.3 Å². The van der Waals surface area contributed by atoms with Gasteiger partial charge in [0.25, 0.3) is 0 Å². The molecule has 3 N–H and O–H groups in total. The molecule has 0 radical (unpaired) electrons. The van der Waals surface area contributed by atoms with Crippen LogP contribution in [0.5, 0.6) is 0 Å². The quantitative estimate of drug-likeness (QED) is 0.540. The molecule has 1 aliphatic carbocycles. The molecule has 0 unspecified atom stereocenters. The van der Waals surface area contributed by atoms with Gasteiger partial charge in [0.2, 0.25) is 5.91 Å². The molecule has 0 aromatic heterocycles. The van der Waals surface area contributed by atoms with Gasteiger partial charge in [-0.25, -0.2) is 9.59 Å². The van der Waals surface area contributed by atoms with E-state index in [0.29, 0.717) is 0 Å². The van der Waals surface area contributed by atoms with E-state index in [4.69, 9.17) is 9.47 Å². The van der Waals surface area contributed by atoms with Crippen molar-refractivity contribution in [1.82, 2.24) is 10.6 Å². The van der Waals surface area contributed by atoms with Crippen LogP contribution in [-0.4, -0.2) is 48.9 Å². The smallest absolute Gasteiger partial charge is 0.407 e. The third-order valence-corrected chi connectivity index (χ3v) is 5.01. The molecule has 1 aromatic rings. The Morgan fingerprint density at radius 2 is 1.83 bits per heavy atom. The highest BCUT2D eigenvalue weighted by molar-refractivity contribution is 5.85. The summed E-state index contributed by atoms with van der Waals surface area (Å²) >= 11 is 0. The molecule has 1 saturated carbocycles. The molecule has 0 aliphatic heterocycles. The maximum atomic E-state index is 12.3.